The van der Waals surface area contributed by atoms with Crippen LogP contribution in [0.4, 0.5) is 4.79 Å². The van der Waals surface area contributed by atoms with Gasteiger partial charge < -0.3 is 15.4 Å². The SMILES string of the molecule is CC.Cc1ccc(C(=O)NCCC(C)C)cc1-c1ccccc1CNC(=O)OC(C)C. The van der Waals surface area contributed by atoms with Gasteiger partial charge >= 0.3 is 6.09 Å². The van der Waals surface area contributed by atoms with Crippen molar-refractivity contribution in [2.24, 2.45) is 5.92 Å². The predicted octanol–water partition coefficient (Wildman–Crippen LogP) is 6.10. The van der Waals surface area contributed by atoms with Gasteiger partial charge in [0.05, 0.1) is 6.10 Å². The minimum atomic E-state index is -0.440. The number of carbonyl (C=O) groups excluding carboxylic acids is 2. The van der Waals surface area contributed by atoms with Crippen molar-refractivity contribution in [1.29, 1.82) is 0 Å². The van der Waals surface area contributed by atoms with Crippen LogP contribution in [0, 0.1) is 12.8 Å². The maximum atomic E-state index is 12.5. The van der Waals surface area contributed by atoms with Gasteiger partial charge in [-0.05, 0) is 67.5 Å². The van der Waals surface area contributed by atoms with Crippen molar-refractivity contribution in [2.45, 2.75) is 67.5 Å². The Bertz CT molecular complexity index is 844. The second-order valence-corrected chi connectivity index (χ2v) is 7.93. The number of aryl methyl sites for hydroxylation is 1. The quantitative estimate of drug-likeness (QED) is 0.536. The van der Waals surface area contributed by atoms with Crippen LogP contribution < -0.4 is 10.6 Å². The zero-order valence-electron chi connectivity index (χ0n) is 20.0. The van der Waals surface area contributed by atoms with E-state index in [1.54, 1.807) is 0 Å². The van der Waals surface area contributed by atoms with Crippen LogP contribution in [0.1, 0.15) is 69.4 Å². The molecule has 2 aromatic rings. The Morgan fingerprint density at radius 3 is 2.26 bits per heavy atom. The zero-order chi connectivity index (χ0) is 23.4. The Morgan fingerprint density at radius 2 is 1.61 bits per heavy atom. The van der Waals surface area contributed by atoms with Crippen molar-refractivity contribution >= 4 is 12.0 Å². The second kappa shape index (κ2) is 13.5. The summed E-state index contributed by atoms with van der Waals surface area (Å²) in [6.45, 7) is 14.9. The molecule has 2 aromatic carbocycles. The van der Waals surface area contributed by atoms with E-state index >= 15 is 0 Å². The van der Waals surface area contributed by atoms with E-state index in [1.807, 2.05) is 77.1 Å². The molecule has 170 valence electrons. The van der Waals surface area contributed by atoms with Crippen LogP contribution >= 0.6 is 0 Å². The van der Waals surface area contributed by atoms with Gasteiger partial charge in [0.2, 0.25) is 0 Å². The molecule has 31 heavy (non-hydrogen) atoms. The molecule has 5 heteroatoms. The molecule has 2 amide bonds. The molecule has 0 heterocycles. The van der Waals surface area contributed by atoms with Crippen LogP contribution in [0.25, 0.3) is 11.1 Å². The summed E-state index contributed by atoms with van der Waals surface area (Å²) >= 11 is 0. The van der Waals surface area contributed by atoms with Crippen molar-refractivity contribution in [3.05, 3.63) is 59.2 Å². The van der Waals surface area contributed by atoms with E-state index in [-0.39, 0.29) is 12.0 Å². The molecule has 0 aliphatic heterocycles. The highest BCUT2D eigenvalue weighted by Gasteiger charge is 2.13. The topological polar surface area (TPSA) is 67.4 Å². The molecule has 0 saturated carbocycles. The largest absolute Gasteiger partial charge is 0.447 e. The van der Waals surface area contributed by atoms with Crippen LogP contribution in [0.15, 0.2) is 42.5 Å². The summed E-state index contributed by atoms with van der Waals surface area (Å²) in [4.78, 5) is 24.4. The highest BCUT2D eigenvalue weighted by Crippen LogP contribution is 2.28. The Morgan fingerprint density at radius 1 is 0.935 bits per heavy atom. The summed E-state index contributed by atoms with van der Waals surface area (Å²) in [5.41, 5.74) is 4.65. The van der Waals surface area contributed by atoms with E-state index in [4.69, 9.17) is 4.74 Å². The van der Waals surface area contributed by atoms with Gasteiger partial charge in [0.25, 0.3) is 5.91 Å². The lowest BCUT2D eigenvalue weighted by atomic mass is 9.94. The fourth-order valence-corrected chi connectivity index (χ4v) is 2.99. The summed E-state index contributed by atoms with van der Waals surface area (Å²) < 4.78 is 5.14. The van der Waals surface area contributed by atoms with Gasteiger partial charge in [0, 0.05) is 18.7 Å². The molecule has 5 nitrogen and oxygen atoms in total. The molecule has 2 N–H and O–H groups in total. The molecule has 2 rings (SSSR count). The number of hydrogen-bond acceptors (Lipinski definition) is 3. The summed E-state index contributed by atoms with van der Waals surface area (Å²) in [7, 11) is 0. The van der Waals surface area contributed by atoms with Crippen LogP contribution in [0.5, 0.6) is 0 Å². The monoisotopic (exact) mass is 426 g/mol. The molecular formula is C26H38N2O3. The summed E-state index contributed by atoms with van der Waals surface area (Å²) in [5.74, 6) is 0.480. The number of rotatable bonds is 8. The van der Waals surface area contributed by atoms with Crippen molar-refractivity contribution in [3.63, 3.8) is 0 Å². The van der Waals surface area contributed by atoms with Crippen molar-refractivity contribution in [1.82, 2.24) is 10.6 Å². The van der Waals surface area contributed by atoms with Crippen molar-refractivity contribution < 1.29 is 14.3 Å². The van der Waals surface area contributed by atoms with Gasteiger partial charge in [-0.1, -0.05) is 58.0 Å². The number of amides is 2. The van der Waals surface area contributed by atoms with Crippen LogP contribution in [0.2, 0.25) is 0 Å². The van der Waals surface area contributed by atoms with E-state index in [0.29, 0.717) is 24.6 Å². The fourth-order valence-electron chi connectivity index (χ4n) is 2.99. The average molecular weight is 427 g/mol. The molecule has 0 bridgehead atoms. The molecule has 0 radical (unpaired) electrons. The number of nitrogens with one attached hydrogen (secondary N) is 2. The first-order valence-corrected chi connectivity index (χ1v) is 11.2. The number of alkyl carbamates (subject to hydrolysis) is 1. The summed E-state index contributed by atoms with van der Waals surface area (Å²) in [5, 5.41) is 5.78. The third kappa shape index (κ3) is 8.83. The average Bonchev–Trinajstić information content (AvgIpc) is 2.73. The minimum absolute atomic E-state index is 0.0667. The summed E-state index contributed by atoms with van der Waals surface area (Å²) in [6, 6.07) is 13.6. The maximum Gasteiger partial charge on any atom is 0.407 e. The lowest BCUT2D eigenvalue weighted by molar-refractivity contribution is 0.0951. The Balaban J connectivity index is 0.00000233. The number of ether oxygens (including phenoxy) is 1. The Labute approximate surface area is 187 Å². The maximum absolute atomic E-state index is 12.5. The van der Waals surface area contributed by atoms with Gasteiger partial charge in [-0.15, -0.1) is 0 Å². The molecule has 0 saturated heterocycles. The highest BCUT2D eigenvalue weighted by atomic mass is 16.6. The molecular weight excluding hydrogens is 388 g/mol. The number of hydrogen-bond donors (Lipinski definition) is 2. The zero-order valence-corrected chi connectivity index (χ0v) is 20.0. The molecule has 0 unspecified atom stereocenters. The molecule has 0 spiro atoms. The summed E-state index contributed by atoms with van der Waals surface area (Å²) in [6.07, 6.45) is 0.342. The van der Waals surface area contributed by atoms with E-state index < -0.39 is 6.09 Å². The lowest BCUT2D eigenvalue weighted by Crippen LogP contribution is -2.26. The predicted molar refractivity (Wildman–Crippen MR) is 128 cm³/mol. The second-order valence-electron chi connectivity index (χ2n) is 7.93. The molecule has 0 atom stereocenters. The first kappa shape index (κ1) is 26.2. The molecule has 0 aromatic heterocycles. The number of benzene rings is 2. The smallest absolute Gasteiger partial charge is 0.407 e. The van der Waals surface area contributed by atoms with Crippen LogP contribution in [-0.2, 0) is 11.3 Å². The van der Waals surface area contributed by atoms with Crippen LogP contribution in [0.3, 0.4) is 0 Å². The molecule has 0 aliphatic carbocycles. The Kier molecular flexibility index (Phi) is 11.4. The normalized spacial score (nSPS) is 10.4. The first-order valence-electron chi connectivity index (χ1n) is 11.2. The van der Waals surface area contributed by atoms with Crippen molar-refractivity contribution in [3.8, 4) is 11.1 Å². The lowest BCUT2D eigenvalue weighted by Gasteiger charge is -2.15. The van der Waals surface area contributed by atoms with Crippen molar-refractivity contribution in [2.75, 3.05) is 6.54 Å². The van der Waals surface area contributed by atoms with E-state index in [2.05, 4.69) is 24.5 Å². The van der Waals surface area contributed by atoms with Gasteiger partial charge in [-0.2, -0.15) is 0 Å². The van der Waals surface area contributed by atoms with Gasteiger partial charge in [0.1, 0.15) is 0 Å². The minimum Gasteiger partial charge on any atom is -0.447 e. The van der Waals surface area contributed by atoms with Crippen LogP contribution in [-0.4, -0.2) is 24.6 Å². The third-order valence-corrected chi connectivity index (χ3v) is 4.58. The van der Waals surface area contributed by atoms with E-state index in [0.717, 1.165) is 28.7 Å². The van der Waals surface area contributed by atoms with E-state index in [9.17, 15) is 9.59 Å². The van der Waals surface area contributed by atoms with E-state index in [1.165, 1.54) is 0 Å². The fraction of sp³-hybridized carbons (Fsp3) is 0.462. The van der Waals surface area contributed by atoms with Gasteiger partial charge in [0.15, 0.2) is 0 Å². The third-order valence-electron chi connectivity index (χ3n) is 4.58. The standard InChI is InChI=1S/C24H32N2O3.C2H6/c1-16(2)12-13-25-23(27)19-11-10-18(5)22(14-19)21-9-7-6-8-20(21)15-26-24(28)29-17(3)4;1-2/h6-11,14,16-17H,12-13,15H2,1-5H3,(H,25,27)(H,26,28);1-2H3. The highest BCUT2D eigenvalue weighted by molar-refractivity contribution is 5.96. The van der Waals surface area contributed by atoms with Gasteiger partial charge in [-0.3, -0.25) is 4.79 Å². The molecule has 0 fully saturated rings. The Hall–Kier alpha value is -2.82. The molecule has 0 aliphatic rings. The first-order chi connectivity index (χ1) is 14.8. The van der Waals surface area contributed by atoms with Gasteiger partial charge in [-0.25, -0.2) is 4.79 Å². The number of carbonyl (C=O) groups is 2.